The van der Waals surface area contributed by atoms with E-state index in [-0.39, 0.29) is 34.0 Å². The third kappa shape index (κ3) is 4.77. The van der Waals surface area contributed by atoms with Gasteiger partial charge < -0.3 is 15.3 Å². The molecule has 3 aromatic rings. The molecule has 5 rings (SSSR count). The highest BCUT2D eigenvalue weighted by Gasteiger charge is 2.43. The molecule has 2 aliphatic rings. The van der Waals surface area contributed by atoms with Gasteiger partial charge in [0.25, 0.3) is 0 Å². The van der Waals surface area contributed by atoms with Gasteiger partial charge in [-0.25, -0.2) is 16.8 Å². The minimum absolute atomic E-state index is 0.0319. The molecule has 2 saturated heterocycles. The van der Waals surface area contributed by atoms with Crippen molar-refractivity contribution in [3.63, 3.8) is 0 Å². The predicted octanol–water partition coefficient (Wildman–Crippen LogP) is 4.47. The van der Waals surface area contributed by atoms with Crippen molar-refractivity contribution in [1.29, 1.82) is 0 Å². The van der Waals surface area contributed by atoms with Gasteiger partial charge in [-0.15, -0.1) is 0 Å². The maximum Gasteiger partial charge on any atom is 0.243 e. The van der Waals surface area contributed by atoms with Crippen LogP contribution in [0.15, 0.2) is 64.4 Å². The van der Waals surface area contributed by atoms with E-state index in [1.165, 1.54) is 32.9 Å². The van der Waals surface area contributed by atoms with Gasteiger partial charge in [0.1, 0.15) is 17.2 Å². The number of phenols is 3. The van der Waals surface area contributed by atoms with E-state index < -0.39 is 49.4 Å². The molecule has 0 spiro atoms. The molecule has 0 amide bonds. The highest BCUT2D eigenvalue weighted by molar-refractivity contribution is 7.89. The minimum atomic E-state index is -3.96. The fourth-order valence-electron chi connectivity index (χ4n) is 5.65. The molecule has 3 aromatic carbocycles. The van der Waals surface area contributed by atoms with E-state index in [2.05, 4.69) is 0 Å². The first-order valence-electron chi connectivity index (χ1n) is 12.9. The zero-order valence-corrected chi connectivity index (χ0v) is 23.4. The first-order valence-corrected chi connectivity index (χ1v) is 15.8. The summed E-state index contributed by atoms with van der Waals surface area (Å²) in [4.78, 5) is 0.202. The van der Waals surface area contributed by atoms with Crippen LogP contribution in [-0.2, 0) is 20.0 Å². The quantitative estimate of drug-likeness (QED) is 0.397. The van der Waals surface area contributed by atoms with Crippen LogP contribution < -0.4 is 0 Å². The molecule has 0 aliphatic carbocycles. The average Bonchev–Trinajstić information content (AvgIpc) is 3.55. The van der Waals surface area contributed by atoms with Crippen molar-refractivity contribution in [2.24, 2.45) is 0 Å². The smallest absolute Gasteiger partial charge is 0.243 e. The monoisotopic (exact) mass is 572 g/mol. The molecule has 3 N–H and O–H groups in total. The summed E-state index contributed by atoms with van der Waals surface area (Å²) in [5, 5.41) is 33.2. The van der Waals surface area contributed by atoms with Crippen molar-refractivity contribution in [3.8, 4) is 17.2 Å². The van der Waals surface area contributed by atoms with Gasteiger partial charge in [0.15, 0.2) is 0 Å². The number of sulfonamides is 2. The molecule has 2 fully saturated rings. The summed E-state index contributed by atoms with van der Waals surface area (Å²) in [6.07, 6.45) is 1.68. The van der Waals surface area contributed by atoms with Crippen molar-refractivity contribution in [3.05, 3.63) is 76.9 Å². The molecule has 0 saturated carbocycles. The number of nitrogens with zero attached hydrogens (tertiary/aromatic N) is 2. The second kappa shape index (κ2) is 10.1. The zero-order valence-electron chi connectivity index (χ0n) is 21.8. The molecule has 0 aromatic heterocycles. The third-order valence-corrected chi connectivity index (χ3v) is 11.5. The lowest BCUT2D eigenvalue weighted by atomic mass is 9.94. The van der Waals surface area contributed by atoms with Gasteiger partial charge in [0.2, 0.25) is 20.0 Å². The molecule has 2 heterocycles. The fraction of sp³-hybridized carbons (Fsp3) is 0.357. The van der Waals surface area contributed by atoms with Crippen molar-refractivity contribution in [2.45, 2.75) is 61.4 Å². The van der Waals surface area contributed by atoms with Gasteiger partial charge in [-0.1, -0.05) is 35.4 Å². The summed E-state index contributed by atoms with van der Waals surface area (Å²) in [5.74, 6) is -1.38. The number of aromatic hydroxyl groups is 3. The lowest BCUT2D eigenvalue weighted by molar-refractivity contribution is 0.337. The Hall–Kier alpha value is -3.12. The summed E-state index contributed by atoms with van der Waals surface area (Å²) in [7, 11) is -7.92. The van der Waals surface area contributed by atoms with Gasteiger partial charge in [-0.3, -0.25) is 0 Å². The maximum atomic E-state index is 13.6. The number of rotatable bonds is 6. The Kier molecular flexibility index (Phi) is 7.13. The van der Waals surface area contributed by atoms with Gasteiger partial charge >= 0.3 is 0 Å². The average molecular weight is 573 g/mol. The Labute approximate surface area is 229 Å². The summed E-state index contributed by atoms with van der Waals surface area (Å²) in [6.45, 7) is 4.09. The molecule has 0 radical (unpaired) electrons. The second-order valence-electron chi connectivity index (χ2n) is 10.3. The number of aryl methyl sites for hydroxylation is 2. The second-order valence-corrected chi connectivity index (χ2v) is 14.0. The van der Waals surface area contributed by atoms with Crippen LogP contribution in [0.2, 0.25) is 0 Å². The topological polar surface area (TPSA) is 135 Å². The first kappa shape index (κ1) is 27.4. The van der Waals surface area contributed by atoms with E-state index in [1.807, 2.05) is 13.8 Å². The van der Waals surface area contributed by atoms with Gasteiger partial charge in [-0.2, -0.15) is 8.61 Å². The van der Waals surface area contributed by atoms with Gasteiger partial charge in [0, 0.05) is 19.2 Å². The Morgan fingerprint density at radius 2 is 1.00 bits per heavy atom. The number of hydrogen-bond acceptors (Lipinski definition) is 7. The lowest BCUT2D eigenvalue weighted by Gasteiger charge is -2.29. The fourth-order valence-corrected chi connectivity index (χ4v) is 8.99. The van der Waals surface area contributed by atoms with E-state index in [9.17, 15) is 32.2 Å². The van der Waals surface area contributed by atoms with Crippen LogP contribution in [0, 0.1) is 13.8 Å². The van der Waals surface area contributed by atoms with Crippen LogP contribution >= 0.6 is 0 Å². The summed E-state index contributed by atoms with van der Waals surface area (Å²) in [5.41, 5.74) is 1.75. The SMILES string of the molecule is Cc1ccc(S(=O)(=O)N2CCCC2c2c(O)cc(O)c(C3CCCN3S(=O)(=O)c3ccc(C)cc3)c2O)cc1. The molecule has 39 heavy (non-hydrogen) atoms. The molecular weight excluding hydrogens is 540 g/mol. The number of benzene rings is 3. The zero-order chi connectivity index (χ0) is 28.1. The summed E-state index contributed by atoms with van der Waals surface area (Å²) < 4.78 is 56.7. The molecular formula is C28H32N2O7S2. The van der Waals surface area contributed by atoms with Crippen LogP contribution in [0.3, 0.4) is 0 Å². The van der Waals surface area contributed by atoms with Crippen molar-refractivity contribution < 1.29 is 32.2 Å². The third-order valence-electron chi connectivity index (χ3n) is 7.66. The Morgan fingerprint density at radius 3 is 1.36 bits per heavy atom. The van der Waals surface area contributed by atoms with Gasteiger partial charge in [-0.05, 0) is 63.8 Å². The molecule has 11 heteroatoms. The highest BCUT2D eigenvalue weighted by Crippen LogP contribution is 2.52. The van der Waals surface area contributed by atoms with Crippen molar-refractivity contribution in [1.82, 2.24) is 8.61 Å². The van der Waals surface area contributed by atoms with Crippen molar-refractivity contribution >= 4 is 20.0 Å². The standard InChI is InChI=1S/C28H32N2O7S2/c1-18-7-11-20(12-8-18)38(34,35)29-15-3-5-22(29)26-24(31)17-25(32)27(28(26)33)23-6-4-16-30(23)39(36,37)21-13-9-19(2)10-14-21/h7-14,17,22-23,31-33H,3-6,15-16H2,1-2H3. The Morgan fingerprint density at radius 1 is 0.641 bits per heavy atom. The van der Waals surface area contributed by atoms with Crippen LogP contribution in [0.25, 0.3) is 0 Å². The van der Waals surface area contributed by atoms with Gasteiger partial charge in [0.05, 0.1) is 33.0 Å². The molecule has 2 unspecified atom stereocenters. The Bertz CT molecular complexity index is 1490. The lowest BCUT2D eigenvalue weighted by Crippen LogP contribution is -2.32. The summed E-state index contributed by atoms with van der Waals surface area (Å²) >= 11 is 0. The minimum Gasteiger partial charge on any atom is -0.507 e. The largest absolute Gasteiger partial charge is 0.507 e. The molecule has 0 bridgehead atoms. The van der Waals surface area contributed by atoms with Crippen molar-refractivity contribution in [2.75, 3.05) is 13.1 Å². The van der Waals surface area contributed by atoms with E-state index in [0.29, 0.717) is 25.7 Å². The van der Waals surface area contributed by atoms with Crippen LogP contribution in [-0.4, -0.2) is 53.9 Å². The summed E-state index contributed by atoms with van der Waals surface area (Å²) in [6, 6.07) is 12.2. The van der Waals surface area contributed by atoms with E-state index in [0.717, 1.165) is 17.2 Å². The normalized spacial score (nSPS) is 21.0. The number of hydrogen-bond donors (Lipinski definition) is 3. The van der Waals surface area contributed by atoms with Crippen LogP contribution in [0.4, 0.5) is 0 Å². The predicted molar refractivity (Wildman–Crippen MR) is 146 cm³/mol. The van der Waals surface area contributed by atoms with E-state index in [1.54, 1.807) is 24.3 Å². The molecule has 2 atom stereocenters. The van der Waals surface area contributed by atoms with Crippen LogP contribution in [0.5, 0.6) is 17.2 Å². The van der Waals surface area contributed by atoms with Crippen LogP contribution in [0.1, 0.15) is 60.0 Å². The molecule has 9 nitrogen and oxygen atoms in total. The number of phenolic OH excluding ortho intramolecular Hbond substituents is 3. The van der Waals surface area contributed by atoms with E-state index in [4.69, 9.17) is 0 Å². The first-order chi connectivity index (χ1) is 18.4. The highest BCUT2D eigenvalue weighted by atomic mass is 32.2. The molecule has 208 valence electrons. The van der Waals surface area contributed by atoms with E-state index >= 15 is 0 Å². The maximum absolute atomic E-state index is 13.6. The molecule has 2 aliphatic heterocycles. The Balaban J connectivity index is 1.57.